The van der Waals surface area contributed by atoms with Gasteiger partial charge in [-0.3, -0.25) is 4.79 Å². The third kappa shape index (κ3) is 8.21. The van der Waals surface area contributed by atoms with Gasteiger partial charge in [-0.15, -0.1) is 0 Å². The molecule has 0 spiro atoms. The van der Waals surface area contributed by atoms with Crippen molar-refractivity contribution in [1.29, 1.82) is 0 Å². The number of carbonyl (C=O) groups excluding carboxylic acids is 1. The number of rotatable bonds is 11. The summed E-state index contributed by atoms with van der Waals surface area (Å²) in [6.07, 6.45) is 2.47. The number of alkyl halides is 3. The van der Waals surface area contributed by atoms with E-state index in [0.717, 1.165) is 57.7 Å². The molecule has 1 fully saturated rings. The molecule has 1 aromatic heterocycles. The van der Waals surface area contributed by atoms with Crippen LogP contribution in [0.25, 0.3) is 0 Å². The highest BCUT2D eigenvalue weighted by Gasteiger charge is 2.36. The van der Waals surface area contributed by atoms with Gasteiger partial charge in [-0.1, -0.05) is 26.2 Å². The Hall–Kier alpha value is -3.08. The van der Waals surface area contributed by atoms with Crippen molar-refractivity contribution in [2.45, 2.75) is 70.1 Å². The van der Waals surface area contributed by atoms with Gasteiger partial charge in [0.2, 0.25) is 5.95 Å². The molecular weight excluding hydrogens is 485 g/mol. The van der Waals surface area contributed by atoms with Gasteiger partial charge in [-0.05, 0) is 64.5 Å². The summed E-state index contributed by atoms with van der Waals surface area (Å²) in [7, 11) is 5.43. The molecule has 1 aliphatic carbocycles. The fraction of sp³-hybridized carbons (Fsp3) is 0.577. The summed E-state index contributed by atoms with van der Waals surface area (Å²) in [4.78, 5) is 22.9. The first-order valence-corrected chi connectivity index (χ1v) is 12.7. The molecule has 0 radical (unpaired) electrons. The van der Waals surface area contributed by atoms with Crippen LogP contribution >= 0.6 is 0 Å². The first-order valence-electron chi connectivity index (χ1n) is 12.7. The minimum Gasteiger partial charge on any atom is -0.495 e. The van der Waals surface area contributed by atoms with Crippen molar-refractivity contribution in [3.63, 3.8) is 0 Å². The lowest BCUT2D eigenvalue weighted by Crippen LogP contribution is -2.36. The summed E-state index contributed by atoms with van der Waals surface area (Å²) in [5, 5.41) is 8.96. The van der Waals surface area contributed by atoms with E-state index in [-0.39, 0.29) is 29.8 Å². The number of aromatic nitrogens is 2. The largest absolute Gasteiger partial charge is 0.495 e. The standard InChI is InChI=1S/C26H37F3N6O2/c1-5-18(13-14-35(2)3)32-24(36)17-11-12-21(22(15-17)37-4)33-25-30-16-20(26(27,28)29)23(34-25)31-19-9-7-6-8-10-19/h11-12,15-16,18-19H,5-10,13-14H2,1-4H3,(H,32,36)(H2,30,31,33,34). The Kier molecular flexibility index (Phi) is 9.96. The topological polar surface area (TPSA) is 91.4 Å². The Morgan fingerprint density at radius 3 is 2.57 bits per heavy atom. The van der Waals surface area contributed by atoms with Gasteiger partial charge >= 0.3 is 6.18 Å². The molecule has 11 heteroatoms. The Labute approximate surface area is 216 Å². The van der Waals surface area contributed by atoms with Gasteiger partial charge in [0.05, 0.1) is 12.8 Å². The number of nitrogens with one attached hydrogen (secondary N) is 3. The summed E-state index contributed by atoms with van der Waals surface area (Å²) >= 11 is 0. The summed E-state index contributed by atoms with van der Waals surface area (Å²) in [5.41, 5.74) is -0.0527. The van der Waals surface area contributed by atoms with Crippen molar-refractivity contribution in [3.05, 3.63) is 35.5 Å². The first-order chi connectivity index (χ1) is 17.6. The Morgan fingerprint density at radius 1 is 1.22 bits per heavy atom. The Balaban J connectivity index is 1.78. The van der Waals surface area contributed by atoms with E-state index in [0.29, 0.717) is 17.0 Å². The van der Waals surface area contributed by atoms with Crippen molar-refractivity contribution >= 4 is 23.4 Å². The molecule has 0 bridgehead atoms. The molecule has 1 unspecified atom stereocenters. The number of ether oxygens (including phenoxy) is 1. The lowest BCUT2D eigenvalue weighted by atomic mass is 9.95. The summed E-state index contributed by atoms with van der Waals surface area (Å²) < 4.78 is 46.3. The number of nitrogens with zero attached hydrogens (tertiary/aromatic N) is 3. The first kappa shape index (κ1) is 28.5. The highest BCUT2D eigenvalue weighted by molar-refractivity contribution is 5.95. The molecule has 8 nitrogen and oxygen atoms in total. The maximum atomic E-state index is 13.6. The zero-order valence-electron chi connectivity index (χ0n) is 21.9. The number of hydrogen-bond donors (Lipinski definition) is 3. The van der Waals surface area contributed by atoms with E-state index in [1.165, 1.54) is 7.11 Å². The van der Waals surface area contributed by atoms with E-state index in [4.69, 9.17) is 4.74 Å². The van der Waals surface area contributed by atoms with Crippen LogP contribution in [0.3, 0.4) is 0 Å². The second kappa shape index (κ2) is 12.9. The van der Waals surface area contributed by atoms with E-state index in [9.17, 15) is 18.0 Å². The predicted octanol–water partition coefficient (Wildman–Crippen LogP) is 5.45. The monoisotopic (exact) mass is 522 g/mol. The molecule has 3 N–H and O–H groups in total. The van der Waals surface area contributed by atoms with Gasteiger partial charge in [0.15, 0.2) is 0 Å². The van der Waals surface area contributed by atoms with Crippen LogP contribution in [0.1, 0.15) is 67.8 Å². The quantitative estimate of drug-likeness (QED) is 0.361. The second-order valence-corrected chi connectivity index (χ2v) is 9.64. The average molecular weight is 523 g/mol. The Morgan fingerprint density at radius 2 is 1.95 bits per heavy atom. The van der Waals surface area contributed by atoms with Crippen molar-refractivity contribution in [2.75, 3.05) is 38.4 Å². The zero-order valence-corrected chi connectivity index (χ0v) is 21.9. The molecule has 37 heavy (non-hydrogen) atoms. The molecule has 3 rings (SSSR count). The van der Waals surface area contributed by atoms with Crippen molar-refractivity contribution in [2.24, 2.45) is 0 Å². The predicted molar refractivity (Wildman–Crippen MR) is 139 cm³/mol. The zero-order chi connectivity index (χ0) is 27.0. The van der Waals surface area contributed by atoms with Gasteiger partial charge in [0.25, 0.3) is 5.91 Å². The van der Waals surface area contributed by atoms with Crippen LogP contribution in [0, 0.1) is 0 Å². The molecule has 1 aromatic carbocycles. The van der Waals surface area contributed by atoms with E-state index in [1.54, 1.807) is 18.2 Å². The maximum absolute atomic E-state index is 13.6. The molecule has 1 saturated carbocycles. The highest BCUT2D eigenvalue weighted by atomic mass is 19.4. The van der Waals surface area contributed by atoms with Crippen LogP contribution in [-0.4, -0.2) is 60.6 Å². The normalized spacial score (nSPS) is 15.4. The molecule has 1 atom stereocenters. The van der Waals surface area contributed by atoms with Gasteiger partial charge in [-0.2, -0.15) is 18.2 Å². The molecule has 0 saturated heterocycles. The molecular formula is C26H37F3N6O2. The SMILES string of the molecule is CCC(CCN(C)C)NC(=O)c1ccc(Nc2ncc(C(F)(F)F)c(NC3CCCCC3)n2)c(OC)c1. The van der Waals surface area contributed by atoms with Gasteiger partial charge in [-0.25, -0.2) is 4.98 Å². The van der Waals surface area contributed by atoms with Crippen LogP contribution < -0.4 is 20.7 Å². The van der Waals surface area contributed by atoms with Crippen molar-refractivity contribution in [3.8, 4) is 5.75 Å². The van der Waals surface area contributed by atoms with E-state index >= 15 is 0 Å². The highest BCUT2D eigenvalue weighted by Crippen LogP contribution is 2.36. The van der Waals surface area contributed by atoms with Crippen LogP contribution in [-0.2, 0) is 6.18 Å². The van der Waals surface area contributed by atoms with E-state index < -0.39 is 11.7 Å². The van der Waals surface area contributed by atoms with Crippen LogP contribution in [0.4, 0.5) is 30.6 Å². The van der Waals surface area contributed by atoms with Gasteiger partial charge < -0.3 is 25.6 Å². The average Bonchev–Trinajstić information content (AvgIpc) is 2.86. The minimum atomic E-state index is -4.58. The van der Waals surface area contributed by atoms with E-state index in [2.05, 4.69) is 30.8 Å². The fourth-order valence-electron chi connectivity index (χ4n) is 4.32. The summed E-state index contributed by atoms with van der Waals surface area (Å²) in [5.74, 6) is -0.119. The number of methoxy groups -OCH3 is 1. The van der Waals surface area contributed by atoms with Gasteiger partial charge in [0, 0.05) is 23.8 Å². The number of anilines is 3. The molecule has 0 aliphatic heterocycles. The third-order valence-corrected chi connectivity index (χ3v) is 6.50. The van der Waals surface area contributed by atoms with Crippen LogP contribution in [0.2, 0.25) is 0 Å². The van der Waals surface area contributed by atoms with Crippen LogP contribution in [0.15, 0.2) is 24.4 Å². The number of benzene rings is 1. The number of halogens is 3. The molecule has 2 aromatic rings. The molecule has 204 valence electrons. The fourth-order valence-corrected chi connectivity index (χ4v) is 4.32. The third-order valence-electron chi connectivity index (χ3n) is 6.50. The van der Waals surface area contributed by atoms with Crippen molar-refractivity contribution < 1.29 is 22.7 Å². The smallest absolute Gasteiger partial charge is 0.421 e. The summed E-state index contributed by atoms with van der Waals surface area (Å²) in [6.45, 7) is 2.88. The maximum Gasteiger partial charge on any atom is 0.421 e. The molecule has 1 amide bonds. The summed E-state index contributed by atoms with van der Waals surface area (Å²) in [6, 6.07) is 4.82. The molecule has 1 aliphatic rings. The van der Waals surface area contributed by atoms with Gasteiger partial charge in [0.1, 0.15) is 17.1 Å². The number of hydrogen-bond acceptors (Lipinski definition) is 7. The lowest BCUT2D eigenvalue weighted by molar-refractivity contribution is -0.137. The van der Waals surface area contributed by atoms with Crippen LogP contribution in [0.5, 0.6) is 5.75 Å². The minimum absolute atomic E-state index is 0.00320. The lowest BCUT2D eigenvalue weighted by Gasteiger charge is -2.25. The van der Waals surface area contributed by atoms with E-state index in [1.807, 2.05) is 21.0 Å². The number of amides is 1. The van der Waals surface area contributed by atoms with Crippen molar-refractivity contribution in [1.82, 2.24) is 20.2 Å². The second-order valence-electron chi connectivity index (χ2n) is 9.64. The molecule has 1 heterocycles. The number of carbonyl (C=O) groups is 1. The Bertz CT molecular complexity index is 1040.